The van der Waals surface area contributed by atoms with E-state index in [0.717, 1.165) is 21.5 Å². The standard InChI is InChI=1S/C15H13N3O3S/c1-18(8-13(19)20)15(21)12-3-2-11(22-12)9-4-6-16-14-10(9)5-7-17-14/h2-7H,8H2,1H3,(H,16,17)(H,19,20). The molecule has 0 fully saturated rings. The van der Waals surface area contributed by atoms with E-state index in [-0.39, 0.29) is 12.5 Å². The van der Waals surface area contributed by atoms with Gasteiger partial charge >= 0.3 is 5.97 Å². The van der Waals surface area contributed by atoms with E-state index in [4.69, 9.17) is 5.11 Å². The average molecular weight is 315 g/mol. The molecular formula is C15H13N3O3S. The molecule has 0 atom stereocenters. The molecule has 0 saturated carbocycles. The minimum absolute atomic E-state index is 0.294. The molecule has 7 heteroatoms. The van der Waals surface area contributed by atoms with Crippen LogP contribution in [-0.4, -0.2) is 45.4 Å². The number of carbonyl (C=O) groups excluding carboxylic acids is 1. The maximum Gasteiger partial charge on any atom is 0.323 e. The summed E-state index contributed by atoms with van der Waals surface area (Å²) in [5.74, 6) is -1.33. The molecule has 0 saturated heterocycles. The van der Waals surface area contributed by atoms with Gasteiger partial charge in [0, 0.05) is 35.3 Å². The summed E-state index contributed by atoms with van der Waals surface area (Å²) >= 11 is 1.34. The Morgan fingerprint density at radius 3 is 2.91 bits per heavy atom. The number of hydrogen-bond acceptors (Lipinski definition) is 4. The summed E-state index contributed by atoms with van der Waals surface area (Å²) in [6, 6.07) is 7.43. The van der Waals surface area contributed by atoms with Crippen LogP contribution in [0.3, 0.4) is 0 Å². The second-order valence-electron chi connectivity index (χ2n) is 4.82. The van der Waals surface area contributed by atoms with Crippen molar-refractivity contribution in [2.45, 2.75) is 0 Å². The highest BCUT2D eigenvalue weighted by atomic mass is 32.1. The Bertz CT molecular complexity index is 852. The molecule has 6 nitrogen and oxygen atoms in total. The van der Waals surface area contributed by atoms with Crippen LogP contribution in [-0.2, 0) is 4.79 Å². The zero-order chi connectivity index (χ0) is 15.7. The molecule has 1 amide bonds. The number of nitrogens with zero attached hydrogens (tertiary/aromatic N) is 2. The number of hydrogen-bond donors (Lipinski definition) is 2. The molecule has 0 aromatic carbocycles. The van der Waals surface area contributed by atoms with Crippen LogP contribution in [0.15, 0.2) is 36.7 Å². The first kappa shape index (κ1) is 14.3. The lowest BCUT2D eigenvalue weighted by atomic mass is 10.1. The second kappa shape index (κ2) is 5.61. The molecule has 0 aliphatic heterocycles. The van der Waals surface area contributed by atoms with Crippen molar-refractivity contribution in [1.82, 2.24) is 14.9 Å². The number of pyridine rings is 1. The number of carboxylic acids is 1. The Labute approximate surface area is 130 Å². The number of nitrogens with one attached hydrogen (secondary N) is 1. The van der Waals surface area contributed by atoms with Crippen molar-refractivity contribution in [3.63, 3.8) is 0 Å². The van der Waals surface area contributed by atoms with Gasteiger partial charge in [0.2, 0.25) is 0 Å². The number of carbonyl (C=O) groups is 2. The number of H-pyrrole nitrogens is 1. The first-order chi connectivity index (χ1) is 10.6. The largest absolute Gasteiger partial charge is 0.480 e. The summed E-state index contributed by atoms with van der Waals surface area (Å²) in [4.78, 5) is 32.8. The van der Waals surface area contributed by atoms with Gasteiger partial charge in [0.25, 0.3) is 5.91 Å². The molecule has 0 bridgehead atoms. The van der Waals surface area contributed by atoms with Gasteiger partial charge in [-0.05, 0) is 24.3 Å². The molecule has 0 unspecified atom stereocenters. The van der Waals surface area contributed by atoms with Crippen LogP contribution in [0.5, 0.6) is 0 Å². The van der Waals surface area contributed by atoms with Gasteiger partial charge < -0.3 is 15.0 Å². The molecule has 0 spiro atoms. The molecule has 0 aliphatic rings. The van der Waals surface area contributed by atoms with Crippen molar-refractivity contribution in [2.75, 3.05) is 13.6 Å². The van der Waals surface area contributed by atoms with Crippen molar-refractivity contribution >= 4 is 34.2 Å². The van der Waals surface area contributed by atoms with Crippen LogP contribution >= 0.6 is 11.3 Å². The van der Waals surface area contributed by atoms with Crippen molar-refractivity contribution in [3.8, 4) is 10.4 Å². The van der Waals surface area contributed by atoms with E-state index in [0.29, 0.717) is 4.88 Å². The fraction of sp³-hybridized carbons (Fsp3) is 0.133. The van der Waals surface area contributed by atoms with Crippen molar-refractivity contribution in [3.05, 3.63) is 41.5 Å². The number of aromatic nitrogens is 2. The van der Waals surface area contributed by atoms with Crippen molar-refractivity contribution < 1.29 is 14.7 Å². The Balaban J connectivity index is 1.92. The first-order valence-electron chi connectivity index (χ1n) is 6.56. The Morgan fingerprint density at radius 1 is 1.32 bits per heavy atom. The predicted octanol–water partition coefficient (Wildman–Crippen LogP) is 2.45. The molecule has 3 rings (SSSR count). The number of thiophene rings is 1. The average Bonchev–Trinajstić information content (AvgIpc) is 3.14. The second-order valence-corrected chi connectivity index (χ2v) is 5.90. The number of fused-ring (bicyclic) bond motifs is 1. The summed E-state index contributed by atoms with van der Waals surface area (Å²) in [5.41, 5.74) is 1.79. The third-order valence-electron chi connectivity index (χ3n) is 3.26. The first-order valence-corrected chi connectivity index (χ1v) is 7.37. The van der Waals surface area contributed by atoms with Crippen LogP contribution in [0.25, 0.3) is 21.5 Å². The highest BCUT2D eigenvalue weighted by molar-refractivity contribution is 7.17. The molecule has 22 heavy (non-hydrogen) atoms. The summed E-state index contributed by atoms with van der Waals surface area (Å²) in [7, 11) is 1.48. The van der Waals surface area contributed by atoms with Crippen LogP contribution in [0, 0.1) is 0 Å². The molecule has 3 aromatic rings. The highest BCUT2D eigenvalue weighted by Gasteiger charge is 2.17. The number of carboxylic acid groups (broad SMARTS) is 1. The fourth-order valence-electron chi connectivity index (χ4n) is 2.24. The summed E-state index contributed by atoms with van der Waals surface area (Å²) in [6.45, 7) is -0.316. The topological polar surface area (TPSA) is 86.3 Å². The lowest BCUT2D eigenvalue weighted by Gasteiger charge is -2.12. The SMILES string of the molecule is CN(CC(=O)O)C(=O)c1ccc(-c2ccnc3[nH]ccc23)s1. The van der Waals surface area contributed by atoms with E-state index in [2.05, 4.69) is 9.97 Å². The summed E-state index contributed by atoms with van der Waals surface area (Å²) in [5, 5.41) is 9.74. The molecular weight excluding hydrogens is 302 g/mol. The third kappa shape index (κ3) is 2.58. The van der Waals surface area contributed by atoms with E-state index >= 15 is 0 Å². The lowest BCUT2D eigenvalue weighted by molar-refractivity contribution is -0.137. The summed E-state index contributed by atoms with van der Waals surface area (Å²) < 4.78 is 0. The normalized spacial score (nSPS) is 10.8. The van der Waals surface area contributed by atoms with Gasteiger partial charge in [0.05, 0.1) is 4.88 Å². The zero-order valence-corrected chi connectivity index (χ0v) is 12.6. The Hall–Kier alpha value is -2.67. The number of aromatic amines is 1. The third-order valence-corrected chi connectivity index (χ3v) is 4.37. The number of likely N-dealkylation sites (N-methyl/N-ethyl adjacent to an activating group) is 1. The maximum atomic E-state index is 12.2. The zero-order valence-electron chi connectivity index (χ0n) is 11.7. The molecule has 3 heterocycles. The van der Waals surface area contributed by atoms with Gasteiger partial charge in [-0.2, -0.15) is 0 Å². The quantitative estimate of drug-likeness (QED) is 0.774. The smallest absolute Gasteiger partial charge is 0.323 e. The monoisotopic (exact) mass is 315 g/mol. The van der Waals surface area contributed by atoms with Crippen LogP contribution in [0.2, 0.25) is 0 Å². The van der Waals surface area contributed by atoms with Gasteiger partial charge in [-0.1, -0.05) is 0 Å². The molecule has 0 radical (unpaired) electrons. The lowest BCUT2D eigenvalue weighted by Crippen LogP contribution is -2.31. The number of amides is 1. The molecule has 0 aliphatic carbocycles. The van der Waals surface area contributed by atoms with Gasteiger partial charge in [-0.15, -0.1) is 11.3 Å². The van der Waals surface area contributed by atoms with Gasteiger partial charge in [0.15, 0.2) is 0 Å². The minimum atomic E-state index is -1.03. The van der Waals surface area contributed by atoms with Gasteiger partial charge in [-0.25, -0.2) is 4.98 Å². The van der Waals surface area contributed by atoms with Gasteiger partial charge in [0.1, 0.15) is 12.2 Å². The minimum Gasteiger partial charge on any atom is -0.480 e. The Morgan fingerprint density at radius 2 is 2.14 bits per heavy atom. The highest BCUT2D eigenvalue weighted by Crippen LogP contribution is 2.33. The van der Waals surface area contributed by atoms with Crippen molar-refractivity contribution in [1.29, 1.82) is 0 Å². The predicted molar refractivity (Wildman–Crippen MR) is 84.0 cm³/mol. The van der Waals surface area contributed by atoms with Crippen LogP contribution < -0.4 is 0 Å². The van der Waals surface area contributed by atoms with Crippen LogP contribution in [0.1, 0.15) is 9.67 Å². The Kier molecular flexibility index (Phi) is 3.64. The van der Waals surface area contributed by atoms with E-state index in [9.17, 15) is 9.59 Å². The van der Waals surface area contributed by atoms with Gasteiger partial charge in [-0.3, -0.25) is 9.59 Å². The molecule has 112 valence electrons. The van der Waals surface area contributed by atoms with Crippen LogP contribution in [0.4, 0.5) is 0 Å². The maximum absolute atomic E-state index is 12.2. The fourth-order valence-corrected chi connectivity index (χ4v) is 3.28. The van der Waals surface area contributed by atoms with E-state index in [1.54, 1.807) is 12.3 Å². The molecule has 2 N–H and O–H groups in total. The van der Waals surface area contributed by atoms with E-state index < -0.39 is 5.97 Å². The molecule has 3 aromatic heterocycles. The van der Waals surface area contributed by atoms with Crippen molar-refractivity contribution in [2.24, 2.45) is 0 Å². The number of aliphatic carboxylic acids is 1. The summed E-state index contributed by atoms with van der Waals surface area (Å²) in [6.07, 6.45) is 3.54. The van der Waals surface area contributed by atoms with E-state index in [1.807, 2.05) is 24.4 Å². The van der Waals surface area contributed by atoms with E-state index in [1.165, 1.54) is 23.3 Å². The number of rotatable bonds is 4.